The maximum atomic E-state index is 12.6. The molecule has 3 rings (SSSR count). The number of rotatable bonds is 5. The molecule has 0 unspecified atom stereocenters. The number of piperidine rings is 1. The molecule has 0 spiro atoms. The van der Waals surface area contributed by atoms with Crippen LogP contribution < -0.4 is 5.73 Å². The summed E-state index contributed by atoms with van der Waals surface area (Å²) in [5.74, 6) is 0.497. The zero-order chi connectivity index (χ0) is 17.6. The van der Waals surface area contributed by atoms with Crippen molar-refractivity contribution in [2.75, 3.05) is 18.8 Å². The fraction of sp³-hybridized carbons (Fsp3) is 0.350. The SMILES string of the molecule is Nc1ccc(C(=O)N2CCC[C@H](C(=O)CCc3ccccc3)C2)cn1. The maximum Gasteiger partial charge on any atom is 0.255 e. The number of nitrogens with zero attached hydrogens (tertiary/aromatic N) is 2. The van der Waals surface area contributed by atoms with E-state index in [1.54, 1.807) is 17.0 Å². The number of aromatic nitrogens is 1. The van der Waals surface area contributed by atoms with Gasteiger partial charge in [0.15, 0.2) is 0 Å². The number of pyridine rings is 1. The van der Waals surface area contributed by atoms with Gasteiger partial charge in [-0.25, -0.2) is 4.98 Å². The highest BCUT2D eigenvalue weighted by Crippen LogP contribution is 2.21. The highest BCUT2D eigenvalue weighted by Gasteiger charge is 2.28. The van der Waals surface area contributed by atoms with Crippen LogP contribution in [-0.4, -0.2) is 34.7 Å². The van der Waals surface area contributed by atoms with E-state index in [2.05, 4.69) is 4.98 Å². The number of nitrogen functional groups attached to an aromatic ring is 1. The monoisotopic (exact) mass is 337 g/mol. The molecule has 1 fully saturated rings. The smallest absolute Gasteiger partial charge is 0.255 e. The molecule has 1 amide bonds. The average Bonchev–Trinajstić information content (AvgIpc) is 2.67. The highest BCUT2D eigenvalue weighted by atomic mass is 16.2. The lowest BCUT2D eigenvalue weighted by atomic mass is 9.90. The van der Waals surface area contributed by atoms with Crippen LogP contribution in [0.5, 0.6) is 0 Å². The minimum Gasteiger partial charge on any atom is -0.384 e. The average molecular weight is 337 g/mol. The van der Waals surface area contributed by atoms with Crippen molar-refractivity contribution in [1.82, 2.24) is 9.88 Å². The minimum atomic E-state index is -0.0759. The number of Topliss-reactive ketones (excluding diaryl/α,β-unsaturated/α-hetero) is 1. The van der Waals surface area contributed by atoms with Crippen molar-refractivity contribution in [3.8, 4) is 0 Å². The molecule has 2 aromatic rings. The molecule has 2 heterocycles. The number of hydrogen-bond acceptors (Lipinski definition) is 4. The lowest BCUT2D eigenvalue weighted by Gasteiger charge is -2.32. The van der Waals surface area contributed by atoms with Crippen LogP contribution in [0.15, 0.2) is 48.7 Å². The Morgan fingerprint density at radius 1 is 1.16 bits per heavy atom. The Kier molecular flexibility index (Phi) is 5.43. The summed E-state index contributed by atoms with van der Waals surface area (Å²) in [6.07, 6.45) is 4.50. The van der Waals surface area contributed by atoms with Crippen LogP contribution >= 0.6 is 0 Å². The van der Waals surface area contributed by atoms with Crippen molar-refractivity contribution < 1.29 is 9.59 Å². The summed E-state index contributed by atoms with van der Waals surface area (Å²) in [5.41, 5.74) is 7.26. The Balaban J connectivity index is 1.57. The van der Waals surface area contributed by atoms with Crippen molar-refractivity contribution in [2.24, 2.45) is 5.92 Å². The molecule has 1 aliphatic heterocycles. The van der Waals surface area contributed by atoms with E-state index in [1.165, 1.54) is 11.8 Å². The molecule has 1 atom stereocenters. The van der Waals surface area contributed by atoms with Gasteiger partial charge in [0.2, 0.25) is 0 Å². The van der Waals surface area contributed by atoms with E-state index >= 15 is 0 Å². The van der Waals surface area contributed by atoms with Crippen LogP contribution in [0.4, 0.5) is 5.82 Å². The van der Waals surface area contributed by atoms with Crippen molar-refractivity contribution in [3.63, 3.8) is 0 Å². The van der Waals surface area contributed by atoms with E-state index in [-0.39, 0.29) is 17.6 Å². The standard InChI is InChI=1S/C20H23N3O2/c21-19-11-9-16(13-22-19)20(25)23-12-4-7-17(14-23)18(24)10-8-15-5-2-1-3-6-15/h1-3,5-6,9,11,13,17H,4,7-8,10,12,14H2,(H2,21,22)/t17-/m0/s1. The van der Waals surface area contributed by atoms with Gasteiger partial charge in [-0.05, 0) is 37.0 Å². The van der Waals surface area contributed by atoms with Gasteiger partial charge in [-0.2, -0.15) is 0 Å². The summed E-state index contributed by atoms with van der Waals surface area (Å²) in [4.78, 5) is 30.9. The van der Waals surface area contributed by atoms with Gasteiger partial charge >= 0.3 is 0 Å². The molecule has 25 heavy (non-hydrogen) atoms. The van der Waals surface area contributed by atoms with E-state index < -0.39 is 0 Å². The van der Waals surface area contributed by atoms with Gasteiger partial charge in [0.05, 0.1) is 5.56 Å². The fourth-order valence-corrected chi connectivity index (χ4v) is 3.26. The molecule has 1 saturated heterocycles. The van der Waals surface area contributed by atoms with Gasteiger partial charge in [0, 0.05) is 31.6 Å². The molecule has 1 aromatic heterocycles. The number of aryl methyl sites for hydroxylation is 1. The first-order valence-corrected chi connectivity index (χ1v) is 8.71. The molecular formula is C20H23N3O2. The summed E-state index contributed by atoms with van der Waals surface area (Å²) >= 11 is 0. The van der Waals surface area contributed by atoms with Gasteiger partial charge in [-0.15, -0.1) is 0 Å². The van der Waals surface area contributed by atoms with E-state index in [0.717, 1.165) is 19.3 Å². The lowest BCUT2D eigenvalue weighted by molar-refractivity contribution is -0.124. The summed E-state index contributed by atoms with van der Waals surface area (Å²) in [6.45, 7) is 1.18. The topological polar surface area (TPSA) is 76.3 Å². The number of amides is 1. The van der Waals surface area contributed by atoms with Crippen molar-refractivity contribution in [2.45, 2.75) is 25.7 Å². The number of anilines is 1. The van der Waals surface area contributed by atoms with Crippen LogP contribution in [0.1, 0.15) is 35.2 Å². The zero-order valence-electron chi connectivity index (χ0n) is 14.2. The van der Waals surface area contributed by atoms with Crippen molar-refractivity contribution in [1.29, 1.82) is 0 Å². The second kappa shape index (κ2) is 7.92. The second-order valence-electron chi connectivity index (χ2n) is 6.51. The van der Waals surface area contributed by atoms with Crippen LogP contribution in [0, 0.1) is 5.92 Å². The second-order valence-corrected chi connectivity index (χ2v) is 6.51. The predicted octanol–water partition coefficient (Wildman–Crippen LogP) is 2.72. The van der Waals surface area contributed by atoms with Gasteiger partial charge in [-0.3, -0.25) is 9.59 Å². The Hall–Kier alpha value is -2.69. The molecule has 5 heteroatoms. The fourth-order valence-electron chi connectivity index (χ4n) is 3.26. The van der Waals surface area contributed by atoms with E-state index in [4.69, 9.17) is 5.73 Å². The molecule has 0 saturated carbocycles. The molecule has 5 nitrogen and oxygen atoms in total. The highest BCUT2D eigenvalue weighted by molar-refractivity contribution is 5.94. The number of benzene rings is 1. The van der Waals surface area contributed by atoms with Gasteiger partial charge in [-0.1, -0.05) is 30.3 Å². The number of carbonyl (C=O) groups is 2. The van der Waals surface area contributed by atoms with Crippen molar-refractivity contribution in [3.05, 3.63) is 59.8 Å². The number of carbonyl (C=O) groups excluding carboxylic acids is 2. The first kappa shape index (κ1) is 17.1. The number of likely N-dealkylation sites (tertiary alicyclic amines) is 1. The molecule has 1 aliphatic rings. The number of hydrogen-bond donors (Lipinski definition) is 1. The van der Waals surface area contributed by atoms with Gasteiger partial charge in [0.1, 0.15) is 11.6 Å². The molecule has 2 N–H and O–H groups in total. The van der Waals surface area contributed by atoms with Crippen LogP contribution in [0.2, 0.25) is 0 Å². The predicted molar refractivity (Wildman–Crippen MR) is 97.0 cm³/mol. The third-order valence-corrected chi connectivity index (χ3v) is 4.70. The first-order valence-electron chi connectivity index (χ1n) is 8.71. The minimum absolute atomic E-state index is 0.0665. The first-order chi connectivity index (χ1) is 12.1. The third kappa shape index (κ3) is 4.44. The molecular weight excluding hydrogens is 314 g/mol. The Morgan fingerprint density at radius 3 is 2.68 bits per heavy atom. The Labute approximate surface area is 147 Å². The van der Waals surface area contributed by atoms with E-state index in [9.17, 15) is 9.59 Å². The molecule has 130 valence electrons. The van der Waals surface area contributed by atoms with Crippen LogP contribution in [0.25, 0.3) is 0 Å². The summed E-state index contributed by atoms with van der Waals surface area (Å²) < 4.78 is 0. The van der Waals surface area contributed by atoms with Gasteiger partial charge < -0.3 is 10.6 Å². The number of nitrogens with two attached hydrogens (primary N) is 1. The van der Waals surface area contributed by atoms with Crippen molar-refractivity contribution >= 4 is 17.5 Å². The summed E-state index contributed by atoms with van der Waals surface area (Å²) in [7, 11) is 0. The quantitative estimate of drug-likeness (QED) is 0.910. The lowest BCUT2D eigenvalue weighted by Crippen LogP contribution is -2.42. The molecule has 0 radical (unpaired) electrons. The van der Waals surface area contributed by atoms with Crippen LogP contribution in [-0.2, 0) is 11.2 Å². The zero-order valence-corrected chi connectivity index (χ0v) is 14.2. The molecule has 0 aliphatic carbocycles. The Bertz CT molecular complexity index is 728. The summed E-state index contributed by atoms with van der Waals surface area (Å²) in [5, 5.41) is 0. The maximum absolute atomic E-state index is 12.6. The van der Waals surface area contributed by atoms with E-state index in [1.807, 2.05) is 30.3 Å². The molecule has 1 aromatic carbocycles. The normalized spacial score (nSPS) is 17.3. The number of ketones is 1. The Morgan fingerprint density at radius 2 is 1.96 bits per heavy atom. The van der Waals surface area contributed by atoms with Gasteiger partial charge in [0.25, 0.3) is 5.91 Å². The molecule has 0 bridgehead atoms. The van der Waals surface area contributed by atoms with Crippen LogP contribution in [0.3, 0.4) is 0 Å². The largest absolute Gasteiger partial charge is 0.384 e. The van der Waals surface area contributed by atoms with E-state index in [0.29, 0.717) is 30.9 Å². The third-order valence-electron chi connectivity index (χ3n) is 4.70. The summed E-state index contributed by atoms with van der Waals surface area (Å²) in [6, 6.07) is 13.3.